The molecule has 0 saturated carbocycles. The Morgan fingerprint density at radius 1 is 1.44 bits per heavy atom. The highest BCUT2D eigenvalue weighted by Crippen LogP contribution is 2.16. The number of rotatable bonds is 6. The van der Waals surface area contributed by atoms with E-state index in [1.165, 1.54) is 0 Å². The molecule has 0 radical (unpaired) electrons. The van der Waals surface area contributed by atoms with Gasteiger partial charge in [0.25, 0.3) is 0 Å². The zero-order valence-electron chi connectivity index (χ0n) is 10.4. The van der Waals surface area contributed by atoms with Crippen LogP contribution in [0.5, 0.6) is 11.6 Å². The largest absolute Gasteiger partial charge is 0.493 e. The summed E-state index contributed by atoms with van der Waals surface area (Å²) in [5.74, 6) is 1.39. The fourth-order valence-corrected chi connectivity index (χ4v) is 1.20. The van der Waals surface area contributed by atoms with E-state index in [0.29, 0.717) is 18.5 Å². The lowest BCUT2D eigenvalue weighted by molar-refractivity contribution is 0.233. The van der Waals surface area contributed by atoms with Crippen LogP contribution in [-0.4, -0.2) is 43.7 Å². The Kier molecular flexibility index (Phi) is 5.05. The van der Waals surface area contributed by atoms with Crippen LogP contribution in [0.15, 0.2) is 18.3 Å². The summed E-state index contributed by atoms with van der Waals surface area (Å²) >= 11 is 0. The smallest absolute Gasteiger partial charge is 0.216 e. The number of hydrogen-bond donors (Lipinski definition) is 0. The van der Waals surface area contributed by atoms with Crippen LogP contribution in [0, 0.1) is 0 Å². The zero-order chi connectivity index (χ0) is 12.0. The standard InChI is InChI=1S/C12H20N2O2/c1-10(14(2)3)6-8-16-11-5-7-13-12(9-11)15-4/h5,7,9-10H,6,8H2,1-4H3/t10-/m1/s1. The maximum atomic E-state index is 5.62. The molecule has 0 aromatic carbocycles. The lowest BCUT2D eigenvalue weighted by atomic mass is 10.2. The molecule has 0 amide bonds. The second-order valence-corrected chi connectivity index (χ2v) is 3.98. The van der Waals surface area contributed by atoms with Crippen molar-refractivity contribution in [1.82, 2.24) is 9.88 Å². The van der Waals surface area contributed by atoms with Gasteiger partial charge in [-0.05, 0) is 33.5 Å². The van der Waals surface area contributed by atoms with E-state index in [1.807, 2.05) is 6.07 Å². The predicted molar refractivity (Wildman–Crippen MR) is 64.1 cm³/mol. The molecule has 0 unspecified atom stereocenters. The van der Waals surface area contributed by atoms with Crippen LogP contribution in [0.3, 0.4) is 0 Å². The second-order valence-electron chi connectivity index (χ2n) is 3.98. The van der Waals surface area contributed by atoms with E-state index in [2.05, 4.69) is 30.9 Å². The number of aromatic nitrogens is 1. The highest BCUT2D eigenvalue weighted by Gasteiger charge is 2.04. The van der Waals surface area contributed by atoms with Crippen LogP contribution in [0.1, 0.15) is 13.3 Å². The SMILES string of the molecule is COc1cc(OCC[C@@H](C)N(C)C)ccn1. The molecular formula is C12H20N2O2. The molecule has 0 aliphatic rings. The molecule has 1 aromatic rings. The first-order valence-electron chi connectivity index (χ1n) is 5.42. The van der Waals surface area contributed by atoms with E-state index in [4.69, 9.17) is 9.47 Å². The Hall–Kier alpha value is -1.29. The van der Waals surface area contributed by atoms with E-state index in [-0.39, 0.29) is 0 Å². The normalized spacial score (nSPS) is 12.6. The summed E-state index contributed by atoms with van der Waals surface area (Å²) in [5.41, 5.74) is 0. The van der Waals surface area contributed by atoms with Crippen LogP contribution in [0.2, 0.25) is 0 Å². The molecule has 0 aliphatic carbocycles. The summed E-state index contributed by atoms with van der Waals surface area (Å²) in [7, 11) is 5.74. The summed E-state index contributed by atoms with van der Waals surface area (Å²) in [6, 6.07) is 4.15. The van der Waals surface area contributed by atoms with Gasteiger partial charge in [0.2, 0.25) is 5.88 Å². The minimum Gasteiger partial charge on any atom is -0.493 e. The van der Waals surface area contributed by atoms with Gasteiger partial charge >= 0.3 is 0 Å². The quantitative estimate of drug-likeness (QED) is 0.738. The van der Waals surface area contributed by atoms with Gasteiger partial charge < -0.3 is 14.4 Å². The van der Waals surface area contributed by atoms with Crippen molar-refractivity contribution in [2.24, 2.45) is 0 Å². The first-order valence-corrected chi connectivity index (χ1v) is 5.42. The monoisotopic (exact) mass is 224 g/mol. The predicted octanol–water partition coefficient (Wildman–Crippen LogP) is 1.81. The molecule has 1 atom stereocenters. The van der Waals surface area contributed by atoms with E-state index in [9.17, 15) is 0 Å². The van der Waals surface area contributed by atoms with E-state index in [1.54, 1.807) is 19.4 Å². The van der Waals surface area contributed by atoms with Gasteiger partial charge in [0.1, 0.15) is 5.75 Å². The first-order chi connectivity index (χ1) is 7.63. The van der Waals surface area contributed by atoms with Crippen molar-refractivity contribution in [3.8, 4) is 11.6 Å². The van der Waals surface area contributed by atoms with E-state index in [0.717, 1.165) is 12.2 Å². The molecular weight excluding hydrogens is 204 g/mol. The Morgan fingerprint density at radius 3 is 2.81 bits per heavy atom. The molecule has 0 spiro atoms. The van der Waals surface area contributed by atoms with Crippen molar-refractivity contribution >= 4 is 0 Å². The molecule has 0 saturated heterocycles. The molecule has 1 heterocycles. The van der Waals surface area contributed by atoms with E-state index < -0.39 is 0 Å². The minimum atomic E-state index is 0.517. The number of methoxy groups -OCH3 is 1. The average molecular weight is 224 g/mol. The Bertz CT molecular complexity index is 316. The van der Waals surface area contributed by atoms with Crippen LogP contribution in [-0.2, 0) is 0 Å². The van der Waals surface area contributed by atoms with Crippen LogP contribution in [0.4, 0.5) is 0 Å². The highest BCUT2D eigenvalue weighted by atomic mass is 16.5. The van der Waals surface area contributed by atoms with Gasteiger partial charge in [-0.3, -0.25) is 0 Å². The highest BCUT2D eigenvalue weighted by molar-refractivity contribution is 5.25. The molecule has 90 valence electrons. The summed E-state index contributed by atoms with van der Waals surface area (Å²) in [4.78, 5) is 6.20. The lowest BCUT2D eigenvalue weighted by Crippen LogP contribution is -2.26. The average Bonchev–Trinajstić information content (AvgIpc) is 2.29. The van der Waals surface area contributed by atoms with Gasteiger partial charge in [-0.25, -0.2) is 4.98 Å². The van der Waals surface area contributed by atoms with Crippen molar-refractivity contribution < 1.29 is 9.47 Å². The zero-order valence-corrected chi connectivity index (χ0v) is 10.4. The van der Waals surface area contributed by atoms with Crippen molar-refractivity contribution in [3.05, 3.63) is 18.3 Å². The summed E-state index contributed by atoms with van der Waals surface area (Å²) in [5, 5.41) is 0. The molecule has 0 fully saturated rings. The number of hydrogen-bond acceptors (Lipinski definition) is 4. The maximum Gasteiger partial charge on any atom is 0.216 e. The van der Waals surface area contributed by atoms with Gasteiger partial charge in [0.05, 0.1) is 13.7 Å². The number of nitrogens with zero attached hydrogens (tertiary/aromatic N) is 2. The maximum absolute atomic E-state index is 5.62. The third-order valence-corrected chi connectivity index (χ3v) is 2.60. The molecule has 4 heteroatoms. The number of pyridine rings is 1. The van der Waals surface area contributed by atoms with Gasteiger partial charge in [0, 0.05) is 18.3 Å². The van der Waals surface area contributed by atoms with E-state index >= 15 is 0 Å². The topological polar surface area (TPSA) is 34.6 Å². The molecule has 1 rings (SSSR count). The minimum absolute atomic E-state index is 0.517. The van der Waals surface area contributed by atoms with Gasteiger partial charge in [-0.1, -0.05) is 0 Å². The van der Waals surface area contributed by atoms with Crippen LogP contribution >= 0.6 is 0 Å². The summed E-state index contributed by atoms with van der Waals surface area (Å²) in [6.45, 7) is 2.88. The van der Waals surface area contributed by atoms with Crippen molar-refractivity contribution in [3.63, 3.8) is 0 Å². The first kappa shape index (κ1) is 12.8. The fourth-order valence-electron chi connectivity index (χ4n) is 1.20. The Balaban J connectivity index is 2.37. The van der Waals surface area contributed by atoms with Crippen molar-refractivity contribution in [1.29, 1.82) is 0 Å². The van der Waals surface area contributed by atoms with Crippen molar-refractivity contribution in [2.75, 3.05) is 27.8 Å². The number of ether oxygens (including phenoxy) is 2. The molecule has 1 aromatic heterocycles. The third-order valence-electron chi connectivity index (χ3n) is 2.60. The van der Waals surface area contributed by atoms with Gasteiger partial charge in [-0.15, -0.1) is 0 Å². The molecule has 0 bridgehead atoms. The Morgan fingerprint density at radius 2 is 2.19 bits per heavy atom. The molecule has 4 nitrogen and oxygen atoms in total. The fraction of sp³-hybridized carbons (Fsp3) is 0.583. The van der Waals surface area contributed by atoms with Gasteiger partial charge in [-0.2, -0.15) is 0 Å². The van der Waals surface area contributed by atoms with Crippen LogP contribution in [0.25, 0.3) is 0 Å². The molecule has 16 heavy (non-hydrogen) atoms. The van der Waals surface area contributed by atoms with Gasteiger partial charge in [0.15, 0.2) is 0 Å². The Labute approximate surface area is 97.2 Å². The lowest BCUT2D eigenvalue weighted by Gasteiger charge is -2.19. The van der Waals surface area contributed by atoms with Crippen molar-refractivity contribution in [2.45, 2.75) is 19.4 Å². The summed E-state index contributed by atoms with van der Waals surface area (Å²) < 4.78 is 10.6. The third kappa shape index (κ3) is 4.06. The molecule has 0 aliphatic heterocycles. The second kappa shape index (κ2) is 6.33. The van der Waals surface area contributed by atoms with Crippen LogP contribution < -0.4 is 9.47 Å². The summed E-state index contributed by atoms with van der Waals surface area (Å²) in [6.07, 6.45) is 2.68. The molecule has 0 N–H and O–H groups in total.